The first-order chi connectivity index (χ1) is 20.4. The number of aryl methyl sites for hydroxylation is 3. The number of ketones is 3. The summed E-state index contributed by atoms with van der Waals surface area (Å²) < 4.78 is 6.18. The maximum Gasteiger partial charge on any atom is 0.139 e. The number of ether oxygens (including phenoxy) is 1. The molecule has 0 saturated carbocycles. The predicted octanol–water partition coefficient (Wildman–Crippen LogP) is 8.95. The molecule has 1 rings (SSSR count). The molecule has 0 radical (unpaired) electrons. The highest BCUT2D eigenvalue weighted by molar-refractivity contribution is 5.90. The lowest BCUT2D eigenvalue weighted by Gasteiger charge is -2.41. The summed E-state index contributed by atoms with van der Waals surface area (Å²) >= 11 is 0. The lowest BCUT2D eigenvalue weighted by Crippen LogP contribution is -2.43. The summed E-state index contributed by atoms with van der Waals surface area (Å²) in [5.41, 5.74) is 2.93. The van der Waals surface area contributed by atoms with Gasteiger partial charge in [-0.1, -0.05) is 60.1 Å². The summed E-state index contributed by atoms with van der Waals surface area (Å²) in [5, 5.41) is 0. The van der Waals surface area contributed by atoms with Gasteiger partial charge in [-0.15, -0.1) is 0 Å². The second-order valence-corrected chi connectivity index (χ2v) is 15.6. The van der Waals surface area contributed by atoms with Crippen LogP contribution >= 0.6 is 0 Å². The number of hydrogen-bond acceptors (Lipinski definition) is 4. The van der Waals surface area contributed by atoms with Crippen molar-refractivity contribution in [2.75, 3.05) is 40.9 Å². The summed E-state index contributed by atoms with van der Waals surface area (Å²) in [6, 6.07) is 4.39. The van der Waals surface area contributed by atoms with Gasteiger partial charge in [-0.25, -0.2) is 0 Å². The van der Waals surface area contributed by atoms with Crippen LogP contribution in [0.5, 0.6) is 0 Å². The highest BCUT2D eigenvalue weighted by Crippen LogP contribution is 2.47. The minimum absolute atomic E-state index is 0.140. The molecule has 252 valence electrons. The van der Waals surface area contributed by atoms with Crippen LogP contribution in [-0.4, -0.2) is 62.7 Å². The van der Waals surface area contributed by atoms with Gasteiger partial charge < -0.3 is 9.22 Å². The minimum Gasteiger partial charge on any atom is -0.385 e. The van der Waals surface area contributed by atoms with E-state index in [1.54, 1.807) is 7.11 Å². The van der Waals surface area contributed by atoms with Gasteiger partial charge in [0.1, 0.15) is 17.3 Å². The number of nitrogens with zero attached hydrogens (tertiary/aromatic N) is 1. The fraction of sp³-hybridized carbons (Fsp3) is 0.769. The molecule has 1 aromatic carbocycles. The molecule has 2 unspecified atom stereocenters. The number of rotatable bonds is 23. The highest BCUT2D eigenvalue weighted by atomic mass is 16.5. The van der Waals surface area contributed by atoms with Crippen LogP contribution in [-0.2, 0) is 25.5 Å². The summed E-state index contributed by atoms with van der Waals surface area (Å²) in [7, 11) is 6.16. The van der Waals surface area contributed by atoms with Gasteiger partial charge in [-0.05, 0) is 88.0 Å². The van der Waals surface area contributed by atoms with Crippen molar-refractivity contribution in [3.05, 3.63) is 34.4 Å². The zero-order valence-corrected chi connectivity index (χ0v) is 30.8. The Hall–Kier alpha value is -1.85. The molecule has 44 heavy (non-hydrogen) atoms. The van der Waals surface area contributed by atoms with Gasteiger partial charge in [0, 0.05) is 55.6 Å². The maximum atomic E-state index is 13.9. The van der Waals surface area contributed by atoms with E-state index in [2.05, 4.69) is 60.8 Å². The number of unbranched alkanes of at least 4 members (excludes halogenated alkanes) is 2. The van der Waals surface area contributed by atoms with E-state index < -0.39 is 16.2 Å². The normalized spacial score (nSPS) is 15.1. The Balaban J connectivity index is 3.12. The lowest BCUT2D eigenvalue weighted by atomic mass is 9.60. The molecule has 0 N–H and O–H groups in total. The Labute approximate surface area is 271 Å². The number of benzene rings is 1. The summed E-state index contributed by atoms with van der Waals surface area (Å²) in [4.78, 5) is 41.5. The van der Waals surface area contributed by atoms with Crippen molar-refractivity contribution in [1.82, 2.24) is 0 Å². The summed E-state index contributed by atoms with van der Waals surface area (Å²) in [6.07, 6.45) is 8.83. The van der Waals surface area contributed by atoms with Gasteiger partial charge in [0.25, 0.3) is 0 Å². The third-order valence-electron chi connectivity index (χ3n) is 10.4. The van der Waals surface area contributed by atoms with Gasteiger partial charge in [0.2, 0.25) is 0 Å². The zero-order valence-electron chi connectivity index (χ0n) is 30.8. The number of methoxy groups -OCH3 is 1. The molecular weight excluding hydrogens is 546 g/mol. The lowest BCUT2D eigenvalue weighted by molar-refractivity contribution is -0.890. The third kappa shape index (κ3) is 12.5. The minimum atomic E-state index is -0.778. The number of hydrogen-bond donors (Lipinski definition) is 0. The molecule has 0 saturated heterocycles. The van der Waals surface area contributed by atoms with Crippen molar-refractivity contribution < 1.29 is 23.6 Å². The largest absolute Gasteiger partial charge is 0.385 e. The van der Waals surface area contributed by atoms with E-state index >= 15 is 0 Å². The van der Waals surface area contributed by atoms with Crippen molar-refractivity contribution in [3.63, 3.8) is 0 Å². The second kappa shape index (κ2) is 17.7. The first-order valence-electron chi connectivity index (χ1n) is 17.3. The molecule has 5 nitrogen and oxygen atoms in total. The first kappa shape index (κ1) is 40.2. The molecule has 0 spiro atoms. The SMILES string of the molecule is CCCCC[N+](C)(C)CCCC(=O)C(C)(C)CC(C)(CC(C)(CC)C(=O)CCc1cc(C)c(C)c(C)c1)C(=O)CCCOC. The monoisotopic (exact) mass is 615 g/mol. The molecular formula is C39H68NO4+. The number of carbonyl (C=O) groups excluding carboxylic acids is 3. The smallest absolute Gasteiger partial charge is 0.139 e. The van der Waals surface area contributed by atoms with Gasteiger partial charge in [-0.2, -0.15) is 0 Å². The average Bonchev–Trinajstić information content (AvgIpc) is 2.93. The second-order valence-electron chi connectivity index (χ2n) is 15.6. The molecule has 0 heterocycles. The Morgan fingerprint density at radius 2 is 1.27 bits per heavy atom. The molecule has 0 fully saturated rings. The standard InChI is InChI=1S/C39H68NO4/c1-13-15-16-23-40(10,11)24-17-19-34(41)37(6,7)28-39(9,35(42)20-18-25-44-12)29-38(8,14-2)36(43)22-21-33-26-30(3)32(5)31(4)27-33/h26-27H,13-25,28-29H2,1-12H3/q+1. The van der Waals surface area contributed by atoms with E-state index in [0.717, 1.165) is 24.0 Å². The predicted molar refractivity (Wildman–Crippen MR) is 185 cm³/mol. The maximum absolute atomic E-state index is 13.9. The van der Waals surface area contributed by atoms with E-state index in [4.69, 9.17) is 4.74 Å². The quantitative estimate of drug-likeness (QED) is 0.0912. The van der Waals surface area contributed by atoms with Crippen LogP contribution < -0.4 is 0 Å². The van der Waals surface area contributed by atoms with Gasteiger partial charge in [0.15, 0.2) is 0 Å². The molecule has 0 aliphatic heterocycles. The number of carbonyl (C=O) groups is 3. The molecule has 0 bridgehead atoms. The van der Waals surface area contributed by atoms with E-state index in [9.17, 15) is 14.4 Å². The molecule has 0 aliphatic carbocycles. The topological polar surface area (TPSA) is 60.4 Å². The fourth-order valence-electron chi connectivity index (χ4n) is 7.03. The van der Waals surface area contributed by atoms with Gasteiger partial charge in [0.05, 0.1) is 27.2 Å². The van der Waals surface area contributed by atoms with Crippen LogP contribution in [0.15, 0.2) is 12.1 Å². The van der Waals surface area contributed by atoms with Crippen molar-refractivity contribution in [2.45, 2.75) is 139 Å². The third-order valence-corrected chi connectivity index (χ3v) is 10.4. The molecule has 1 aromatic rings. The average molecular weight is 615 g/mol. The molecule has 0 aromatic heterocycles. The van der Waals surface area contributed by atoms with Crippen molar-refractivity contribution in [2.24, 2.45) is 16.2 Å². The molecule has 2 atom stereocenters. The van der Waals surface area contributed by atoms with Crippen LogP contribution in [0.3, 0.4) is 0 Å². The van der Waals surface area contributed by atoms with Gasteiger partial charge >= 0.3 is 0 Å². The van der Waals surface area contributed by atoms with Crippen LogP contribution in [0.4, 0.5) is 0 Å². The molecule has 0 amide bonds. The van der Waals surface area contributed by atoms with Crippen molar-refractivity contribution >= 4 is 17.3 Å². The Bertz CT molecular complexity index is 1060. The highest BCUT2D eigenvalue weighted by Gasteiger charge is 2.46. The Morgan fingerprint density at radius 1 is 0.727 bits per heavy atom. The van der Waals surface area contributed by atoms with Crippen LogP contribution in [0.2, 0.25) is 0 Å². The van der Waals surface area contributed by atoms with Crippen LogP contribution in [0.1, 0.15) is 134 Å². The van der Waals surface area contributed by atoms with Crippen LogP contribution in [0, 0.1) is 37.0 Å². The Morgan fingerprint density at radius 3 is 1.82 bits per heavy atom. The van der Waals surface area contributed by atoms with E-state index in [1.807, 2.05) is 27.7 Å². The first-order valence-corrected chi connectivity index (χ1v) is 17.3. The number of Topliss-reactive ketones (excluding diaryl/α,β-unsaturated/α-hetero) is 3. The molecule has 0 aliphatic rings. The van der Waals surface area contributed by atoms with Crippen LogP contribution in [0.25, 0.3) is 0 Å². The van der Waals surface area contributed by atoms with Gasteiger partial charge in [-0.3, -0.25) is 14.4 Å². The Kier molecular flexibility index (Phi) is 16.2. The fourth-order valence-corrected chi connectivity index (χ4v) is 7.03. The molecule has 5 heteroatoms. The van der Waals surface area contributed by atoms with E-state index in [0.29, 0.717) is 58.0 Å². The van der Waals surface area contributed by atoms with Crippen molar-refractivity contribution in [3.8, 4) is 0 Å². The van der Waals surface area contributed by atoms with E-state index in [1.165, 1.54) is 41.5 Å². The summed E-state index contributed by atoms with van der Waals surface area (Å²) in [6.45, 7) is 21.4. The summed E-state index contributed by atoms with van der Waals surface area (Å²) in [5.74, 6) is 0.567. The van der Waals surface area contributed by atoms with E-state index in [-0.39, 0.29) is 17.3 Å². The van der Waals surface area contributed by atoms with Crippen molar-refractivity contribution in [1.29, 1.82) is 0 Å². The zero-order chi connectivity index (χ0) is 33.8. The number of quaternary nitrogens is 1.